The van der Waals surface area contributed by atoms with Crippen LogP contribution in [0.3, 0.4) is 0 Å². The lowest BCUT2D eigenvalue weighted by Crippen LogP contribution is -1.98. The monoisotopic (exact) mass is 182 g/mol. The third kappa shape index (κ3) is 1.83. The third-order valence-electron chi connectivity index (χ3n) is 1.70. The highest BCUT2D eigenvalue weighted by atomic mass is 19.1. The Labute approximate surface area is 75.9 Å². The van der Waals surface area contributed by atoms with Crippen molar-refractivity contribution < 1.29 is 9.18 Å². The van der Waals surface area contributed by atoms with Gasteiger partial charge in [-0.3, -0.25) is 9.48 Å². The van der Waals surface area contributed by atoms with Gasteiger partial charge in [0, 0.05) is 13.2 Å². The first-order chi connectivity index (χ1) is 6.06. The Morgan fingerprint density at radius 3 is 2.92 bits per heavy atom. The van der Waals surface area contributed by atoms with Crippen molar-refractivity contribution in [2.45, 2.75) is 13.1 Å². The van der Waals surface area contributed by atoms with Crippen LogP contribution in [0.1, 0.15) is 29.1 Å². The number of Topliss-reactive ketones (excluding diaryl/α,β-unsaturated/α-hetero) is 1. The van der Waals surface area contributed by atoms with E-state index in [0.717, 1.165) is 6.08 Å². The van der Waals surface area contributed by atoms with E-state index in [-0.39, 0.29) is 11.5 Å². The molecular weight excluding hydrogens is 171 g/mol. The molecule has 1 heterocycles. The van der Waals surface area contributed by atoms with Crippen molar-refractivity contribution in [3.05, 3.63) is 30.1 Å². The Balaban J connectivity index is 3.18. The summed E-state index contributed by atoms with van der Waals surface area (Å²) in [5.74, 6) is -0.187. The number of hydrogen-bond donors (Lipinski definition) is 0. The van der Waals surface area contributed by atoms with E-state index in [1.807, 2.05) is 0 Å². The standard InChI is InChI=1S/C9H11FN2O/c1-4-8(10)9-7(6(2)13)5-12(3)11-9/h4-5,8H,1H2,2-3H3. The Bertz CT molecular complexity index is 343. The zero-order valence-corrected chi connectivity index (χ0v) is 7.62. The number of alkyl halides is 1. The molecule has 0 bridgehead atoms. The summed E-state index contributed by atoms with van der Waals surface area (Å²) in [5, 5.41) is 3.85. The molecule has 0 aliphatic heterocycles. The Kier molecular flexibility index (Phi) is 2.60. The van der Waals surface area contributed by atoms with Gasteiger partial charge in [0.2, 0.25) is 0 Å². The average Bonchev–Trinajstić information content (AvgIpc) is 2.46. The van der Waals surface area contributed by atoms with E-state index >= 15 is 0 Å². The Morgan fingerprint density at radius 2 is 2.46 bits per heavy atom. The van der Waals surface area contributed by atoms with Crippen LogP contribution < -0.4 is 0 Å². The molecule has 0 radical (unpaired) electrons. The van der Waals surface area contributed by atoms with Crippen LogP contribution in [-0.4, -0.2) is 15.6 Å². The van der Waals surface area contributed by atoms with Crippen LogP contribution in [0.2, 0.25) is 0 Å². The van der Waals surface area contributed by atoms with E-state index in [1.54, 1.807) is 7.05 Å². The zero-order chi connectivity index (χ0) is 10.0. The van der Waals surface area contributed by atoms with Crippen LogP contribution in [0.15, 0.2) is 18.9 Å². The summed E-state index contributed by atoms with van der Waals surface area (Å²) in [6.07, 6.45) is 1.25. The fraction of sp³-hybridized carbons (Fsp3) is 0.333. The van der Waals surface area contributed by atoms with E-state index in [9.17, 15) is 9.18 Å². The van der Waals surface area contributed by atoms with Crippen LogP contribution in [0.25, 0.3) is 0 Å². The van der Waals surface area contributed by atoms with Gasteiger partial charge in [0.1, 0.15) is 5.69 Å². The summed E-state index contributed by atoms with van der Waals surface area (Å²) in [5.41, 5.74) is 0.458. The SMILES string of the molecule is C=CC(F)c1nn(C)cc1C(C)=O. The molecule has 1 unspecified atom stereocenters. The van der Waals surface area contributed by atoms with Crippen molar-refractivity contribution in [1.82, 2.24) is 9.78 Å². The minimum absolute atomic E-state index is 0.144. The number of allylic oxidation sites excluding steroid dienone is 1. The first kappa shape index (κ1) is 9.64. The van der Waals surface area contributed by atoms with E-state index in [0.29, 0.717) is 5.56 Å². The van der Waals surface area contributed by atoms with E-state index in [4.69, 9.17) is 0 Å². The van der Waals surface area contributed by atoms with Gasteiger partial charge < -0.3 is 0 Å². The molecule has 0 saturated carbocycles. The van der Waals surface area contributed by atoms with Crippen molar-refractivity contribution in [2.75, 3.05) is 0 Å². The number of aromatic nitrogens is 2. The maximum Gasteiger partial charge on any atom is 0.163 e. The molecule has 0 spiro atoms. The number of hydrogen-bond acceptors (Lipinski definition) is 2. The topological polar surface area (TPSA) is 34.9 Å². The number of carbonyl (C=O) groups excluding carboxylic acids is 1. The summed E-state index contributed by atoms with van der Waals surface area (Å²) in [4.78, 5) is 11.0. The van der Waals surface area contributed by atoms with Gasteiger partial charge in [-0.2, -0.15) is 5.10 Å². The Hall–Kier alpha value is -1.45. The molecule has 1 atom stereocenters. The highest BCUT2D eigenvalue weighted by Gasteiger charge is 2.17. The van der Waals surface area contributed by atoms with Crippen LogP contribution in [0, 0.1) is 0 Å². The van der Waals surface area contributed by atoms with Crippen molar-refractivity contribution in [3.63, 3.8) is 0 Å². The van der Waals surface area contributed by atoms with Gasteiger partial charge in [0.15, 0.2) is 12.0 Å². The van der Waals surface area contributed by atoms with Crippen LogP contribution in [-0.2, 0) is 7.05 Å². The quantitative estimate of drug-likeness (QED) is 0.528. The van der Waals surface area contributed by atoms with Crippen molar-refractivity contribution >= 4 is 5.78 Å². The van der Waals surface area contributed by atoms with E-state index < -0.39 is 6.17 Å². The molecule has 0 amide bonds. The highest BCUT2D eigenvalue weighted by molar-refractivity contribution is 5.95. The summed E-state index contributed by atoms with van der Waals surface area (Å²) < 4.78 is 14.6. The van der Waals surface area contributed by atoms with Crippen molar-refractivity contribution in [3.8, 4) is 0 Å². The number of aryl methyl sites for hydroxylation is 1. The first-order valence-corrected chi connectivity index (χ1v) is 3.87. The molecule has 0 saturated heterocycles. The van der Waals surface area contributed by atoms with Gasteiger partial charge in [-0.25, -0.2) is 4.39 Å². The number of halogens is 1. The molecule has 0 fully saturated rings. The summed E-state index contributed by atoms with van der Waals surface area (Å²) >= 11 is 0. The number of ketones is 1. The molecule has 13 heavy (non-hydrogen) atoms. The maximum absolute atomic E-state index is 13.2. The number of nitrogens with zero attached hydrogens (tertiary/aromatic N) is 2. The highest BCUT2D eigenvalue weighted by Crippen LogP contribution is 2.20. The largest absolute Gasteiger partial charge is 0.294 e. The van der Waals surface area contributed by atoms with Crippen molar-refractivity contribution in [1.29, 1.82) is 0 Å². The Morgan fingerprint density at radius 1 is 1.85 bits per heavy atom. The molecule has 0 aliphatic carbocycles. The van der Waals surface area contributed by atoms with Crippen LogP contribution >= 0.6 is 0 Å². The van der Waals surface area contributed by atoms with Crippen LogP contribution in [0.4, 0.5) is 4.39 Å². The van der Waals surface area contributed by atoms with Gasteiger partial charge in [-0.1, -0.05) is 12.7 Å². The fourth-order valence-corrected chi connectivity index (χ4v) is 1.09. The lowest BCUT2D eigenvalue weighted by molar-refractivity contribution is 0.101. The zero-order valence-electron chi connectivity index (χ0n) is 7.62. The van der Waals surface area contributed by atoms with Crippen molar-refractivity contribution in [2.24, 2.45) is 7.05 Å². The molecule has 1 aromatic heterocycles. The van der Waals surface area contributed by atoms with Gasteiger partial charge >= 0.3 is 0 Å². The molecule has 0 N–H and O–H groups in total. The second kappa shape index (κ2) is 3.51. The van der Waals surface area contributed by atoms with E-state index in [2.05, 4.69) is 11.7 Å². The smallest absolute Gasteiger partial charge is 0.163 e. The molecule has 0 aliphatic rings. The fourth-order valence-electron chi connectivity index (χ4n) is 1.09. The minimum atomic E-state index is -1.37. The molecule has 1 rings (SSSR count). The number of carbonyl (C=O) groups is 1. The summed E-state index contributed by atoms with van der Waals surface area (Å²) in [6, 6.07) is 0. The predicted octanol–water partition coefficient (Wildman–Crippen LogP) is 1.82. The minimum Gasteiger partial charge on any atom is -0.294 e. The molecule has 4 heteroatoms. The lowest BCUT2D eigenvalue weighted by atomic mass is 10.1. The normalized spacial score (nSPS) is 12.5. The average molecular weight is 182 g/mol. The van der Waals surface area contributed by atoms with Crippen LogP contribution in [0.5, 0.6) is 0 Å². The van der Waals surface area contributed by atoms with Gasteiger partial charge in [0.05, 0.1) is 5.56 Å². The summed E-state index contributed by atoms with van der Waals surface area (Å²) in [7, 11) is 1.64. The molecule has 70 valence electrons. The second-order valence-electron chi connectivity index (χ2n) is 2.80. The summed E-state index contributed by atoms with van der Waals surface area (Å²) in [6.45, 7) is 4.70. The van der Waals surface area contributed by atoms with Gasteiger partial charge in [-0.15, -0.1) is 0 Å². The molecule has 3 nitrogen and oxygen atoms in total. The second-order valence-corrected chi connectivity index (χ2v) is 2.80. The van der Waals surface area contributed by atoms with Gasteiger partial charge in [0.25, 0.3) is 0 Å². The number of rotatable bonds is 3. The van der Waals surface area contributed by atoms with Gasteiger partial charge in [-0.05, 0) is 6.92 Å². The predicted molar refractivity (Wildman–Crippen MR) is 47.3 cm³/mol. The maximum atomic E-state index is 13.2. The lowest BCUT2D eigenvalue weighted by Gasteiger charge is -1.98. The molecular formula is C9H11FN2O. The third-order valence-corrected chi connectivity index (χ3v) is 1.70. The molecule has 1 aromatic rings. The molecule has 0 aromatic carbocycles. The first-order valence-electron chi connectivity index (χ1n) is 3.87. The van der Waals surface area contributed by atoms with E-state index in [1.165, 1.54) is 17.8 Å².